The molecule has 0 unspecified atom stereocenters. The smallest absolute Gasteiger partial charge is 0.273 e. The second-order valence-corrected chi connectivity index (χ2v) is 4.03. The van der Waals surface area contributed by atoms with Crippen molar-refractivity contribution in [2.24, 2.45) is 0 Å². The van der Waals surface area contributed by atoms with Crippen LogP contribution in [0.1, 0.15) is 6.42 Å². The van der Waals surface area contributed by atoms with Crippen LogP contribution in [0.3, 0.4) is 0 Å². The topological polar surface area (TPSA) is 64.4 Å². The zero-order chi connectivity index (χ0) is 12.0. The quantitative estimate of drug-likeness (QED) is 0.496. The van der Waals surface area contributed by atoms with Crippen LogP contribution in [0.25, 0.3) is 0 Å². The number of benzene rings is 1. The van der Waals surface area contributed by atoms with Gasteiger partial charge in [-0.05, 0) is 42.0 Å². The van der Waals surface area contributed by atoms with E-state index in [-0.39, 0.29) is 5.69 Å². The Bertz CT molecular complexity index is 371. The van der Waals surface area contributed by atoms with Gasteiger partial charge in [0, 0.05) is 6.07 Å². The molecule has 88 valence electrons. The summed E-state index contributed by atoms with van der Waals surface area (Å²) in [4.78, 5) is 10.1. The van der Waals surface area contributed by atoms with Gasteiger partial charge in [-0.1, -0.05) is 0 Å². The number of hydrogen-bond acceptors (Lipinski definition) is 4. The molecule has 0 radical (unpaired) electrons. The number of nitrogens with zero attached hydrogens (tertiary/aromatic N) is 1. The molecule has 1 aromatic rings. The fourth-order valence-electron chi connectivity index (χ4n) is 1.15. The third-order valence-corrected chi connectivity index (χ3v) is 2.61. The number of hydrogen-bond donors (Lipinski definition) is 1. The Balaban J connectivity index is 2.63. The van der Waals surface area contributed by atoms with Crippen LogP contribution >= 0.6 is 15.9 Å². The zero-order valence-electron chi connectivity index (χ0n) is 8.90. The molecule has 0 fully saturated rings. The van der Waals surface area contributed by atoms with Crippen molar-refractivity contribution in [3.8, 4) is 5.75 Å². The molecule has 0 saturated heterocycles. The number of nitro groups is 1. The third kappa shape index (κ3) is 3.79. The first kappa shape index (κ1) is 12.9. The van der Waals surface area contributed by atoms with E-state index >= 15 is 0 Å². The summed E-state index contributed by atoms with van der Waals surface area (Å²) in [5, 5.41) is 13.6. The lowest BCUT2D eigenvalue weighted by molar-refractivity contribution is -0.385. The van der Waals surface area contributed by atoms with E-state index in [2.05, 4.69) is 21.2 Å². The fourth-order valence-corrected chi connectivity index (χ4v) is 1.51. The maximum atomic E-state index is 10.6. The van der Waals surface area contributed by atoms with Crippen molar-refractivity contribution in [3.63, 3.8) is 0 Å². The van der Waals surface area contributed by atoms with Crippen LogP contribution in [0.5, 0.6) is 5.75 Å². The van der Waals surface area contributed by atoms with Gasteiger partial charge >= 0.3 is 0 Å². The van der Waals surface area contributed by atoms with E-state index in [1.165, 1.54) is 12.1 Å². The van der Waals surface area contributed by atoms with Crippen LogP contribution in [0, 0.1) is 10.1 Å². The highest BCUT2D eigenvalue weighted by Crippen LogP contribution is 2.29. The first-order valence-corrected chi connectivity index (χ1v) is 5.66. The first-order valence-electron chi connectivity index (χ1n) is 4.86. The number of halogens is 1. The number of rotatable bonds is 6. The van der Waals surface area contributed by atoms with Gasteiger partial charge in [0.25, 0.3) is 5.69 Å². The Hall–Kier alpha value is -1.14. The average molecular weight is 289 g/mol. The second-order valence-electron chi connectivity index (χ2n) is 3.18. The van der Waals surface area contributed by atoms with Gasteiger partial charge in [-0.3, -0.25) is 10.1 Å². The molecule has 5 nitrogen and oxygen atoms in total. The van der Waals surface area contributed by atoms with E-state index < -0.39 is 4.92 Å². The second kappa shape index (κ2) is 6.44. The monoisotopic (exact) mass is 288 g/mol. The van der Waals surface area contributed by atoms with Gasteiger partial charge in [0.1, 0.15) is 5.75 Å². The van der Waals surface area contributed by atoms with Crippen LogP contribution < -0.4 is 10.1 Å². The summed E-state index contributed by atoms with van der Waals surface area (Å²) in [6.07, 6.45) is 0.853. The largest absolute Gasteiger partial charge is 0.492 e. The van der Waals surface area contributed by atoms with E-state index in [0.717, 1.165) is 17.4 Å². The van der Waals surface area contributed by atoms with Crippen LogP contribution in [0.2, 0.25) is 0 Å². The number of non-ortho nitro benzene ring substituents is 1. The van der Waals surface area contributed by atoms with Gasteiger partial charge in [-0.25, -0.2) is 0 Å². The molecule has 0 atom stereocenters. The van der Waals surface area contributed by atoms with Gasteiger partial charge in [0.15, 0.2) is 0 Å². The van der Waals surface area contributed by atoms with E-state index in [1.54, 1.807) is 6.07 Å². The number of nitro benzene ring substituents is 1. The summed E-state index contributed by atoms with van der Waals surface area (Å²) < 4.78 is 6.16. The van der Waals surface area contributed by atoms with Crippen molar-refractivity contribution < 1.29 is 9.66 Å². The van der Waals surface area contributed by atoms with Gasteiger partial charge in [-0.2, -0.15) is 0 Å². The van der Waals surface area contributed by atoms with E-state index in [0.29, 0.717) is 12.4 Å². The van der Waals surface area contributed by atoms with Gasteiger partial charge in [-0.15, -0.1) is 0 Å². The van der Waals surface area contributed by atoms with Gasteiger partial charge in [0.2, 0.25) is 0 Å². The van der Waals surface area contributed by atoms with Crippen molar-refractivity contribution in [2.45, 2.75) is 6.42 Å². The Kier molecular flexibility index (Phi) is 5.21. The molecule has 1 aromatic carbocycles. The molecule has 0 saturated carbocycles. The molecule has 0 amide bonds. The maximum Gasteiger partial charge on any atom is 0.273 e. The van der Waals surface area contributed by atoms with Crippen LogP contribution in [0.15, 0.2) is 22.7 Å². The van der Waals surface area contributed by atoms with E-state index in [9.17, 15) is 10.1 Å². The predicted molar refractivity (Wildman–Crippen MR) is 64.8 cm³/mol. The molecule has 1 N–H and O–H groups in total. The SMILES string of the molecule is CNCCCOc1cc([N+](=O)[O-])ccc1Br. The molecule has 1 rings (SSSR count). The molecule has 0 heterocycles. The predicted octanol–water partition coefficient (Wildman–Crippen LogP) is 2.35. The van der Waals surface area contributed by atoms with Crippen molar-refractivity contribution in [2.75, 3.05) is 20.2 Å². The lowest BCUT2D eigenvalue weighted by Gasteiger charge is -2.07. The standard InChI is InChI=1S/C10H13BrN2O3/c1-12-5-2-6-16-10-7-8(13(14)15)3-4-9(10)11/h3-4,7,12H,2,5-6H2,1H3. The zero-order valence-corrected chi connectivity index (χ0v) is 10.5. The lowest BCUT2D eigenvalue weighted by atomic mass is 10.3. The molecule has 0 aliphatic rings. The fraction of sp³-hybridized carbons (Fsp3) is 0.400. The summed E-state index contributed by atoms with van der Waals surface area (Å²) in [6, 6.07) is 4.47. The normalized spacial score (nSPS) is 10.1. The molecular weight excluding hydrogens is 276 g/mol. The van der Waals surface area contributed by atoms with Crippen molar-refractivity contribution in [3.05, 3.63) is 32.8 Å². The van der Waals surface area contributed by atoms with Crippen LogP contribution in [0.4, 0.5) is 5.69 Å². The van der Waals surface area contributed by atoms with Crippen LogP contribution in [-0.2, 0) is 0 Å². The highest BCUT2D eigenvalue weighted by atomic mass is 79.9. The molecule has 6 heteroatoms. The third-order valence-electron chi connectivity index (χ3n) is 1.95. The average Bonchev–Trinajstić information content (AvgIpc) is 2.26. The Morgan fingerprint density at radius 1 is 1.56 bits per heavy atom. The van der Waals surface area contributed by atoms with Crippen molar-refractivity contribution in [1.29, 1.82) is 0 Å². The van der Waals surface area contributed by atoms with Gasteiger partial charge < -0.3 is 10.1 Å². The highest BCUT2D eigenvalue weighted by molar-refractivity contribution is 9.10. The van der Waals surface area contributed by atoms with Crippen molar-refractivity contribution >= 4 is 21.6 Å². The molecule has 0 aromatic heterocycles. The summed E-state index contributed by atoms with van der Waals surface area (Å²) in [5.74, 6) is 0.505. The van der Waals surface area contributed by atoms with Gasteiger partial charge in [0.05, 0.1) is 22.1 Å². The highest BCUT2D eigenvalue weighted by Gasteiger charge is 2.09. The maximum absolute atomic E-state index is 10.6. The lowest BCUT2D eigenvalue weighted by Crippen LogP contribution is -2.11. The summed E-state index contributed by atoms with van der Waals surface area (Å²) in [7, 11) is 1.86. The summed E-state index contributed by atoms with van der Waals surface area (Å²) >= 11 is 3.29. The Labute approximate surface area is 102 Å². The molecule has 0 aliphatic carbocycles. The molecular formula is C10H13BrN2O3. The number of nitrogens with one attached hydrogen (secondary N) is 1. The minimum atomic E-state index is -0.438. The Morgan fingerprint density at radius 2 is 2.31 bits per heavy atom. The molecule has 16 heavy (non-hydrogen) atoms. The Morgan fingerprint density at radius 3 is 2.94 bits per heavy atom. The molecule has 0 bridgehead atoms. The molecule has 0 spiro atoms. The minimum absolute atomic E-state index is 0.0341. The number of ether oxygens (including phenoxy) is 1. The summed E-state index contributed by atoms with van der Waals surface area (Å²) in [5.41, 5.74) is 0.0341. The minimum Gasteiger partial charge on any atom is -0.492 e. The van der Waals surface area contributed by atoms with Crippen LogP contribution in [-0.4, -0.2) is 25.1 Å². The van der Waals surface area contributed by atoms with E-state index in [1.807, 2.05) is 7.05 Å². The molecule has 0 aliphatic heterocycles. The van der Waals surface area contributed by atoms with Crippen molar-refractivity contribution in [1.82, 2.24) is 5.32 Å². The van der Waals surface area contributed by atoms with E-state index in [4.69, 9.17) is 4.74 Å². The first-order chi connectivity index (χ1) is 7.65. The summed E-state index contributed by atoms with van der Waals surface area (Å²) in [6.45, 7) is 1.38.